The Labute approximate surface area is 109 Å². The molecule has 4 heteroatoms. The molecule has 0 atom stereocenters. The molecule has 1 aromatic heterocycles. The van der Waals surface area contributed by atoms with Crippen LogP contribution in [-0.2, 0) is 0 Å². The van der Waals surface area contributed by atoms with Crippen molar-refractivity contribution in [1.29, 1.82) is 0 Å². The third-order valence-electron chi connectivity index (χ3n) is 3.18. The first-order valence-corrected chi connectivity index (χ1v) is 5.90. The van der Waals surface area contributed by atoms with Crippen LogP contribution in [0.25, 0.3) is 22.3 Å². The smallest absolute Gasteiger partial charge is 0.269 e. The van der Waals surface area contributed by atoms with Crippen molar-refractivity contribution < 1.29 is 9.34 Å². The summed E-state index contributed by atoms with van der Waals surface area (Å²) in [5.74, 6) is 0.760. The van der Waals surface area contributed by atoms with Crippen molar-refractivity contribution in [2.24, 2.45) is 0 Å². The van der Waals surface area contributed by atoms with Gasteiger partial charge in [-0.2, -0.15) is 0 Å². The molecule has 0 fully saturated rings. The van der Waals surface area contributed by atoms with Crippen LogP contribution in [0.3, 0.4) is 0 Å². The number of furan rings is 1. The molecule has 0 amide bonds. The predicted molar refractivity (Wildman–Crippen MR) is 73.0 cm³/mol. The number of fused-ring (bicyclic) bond motifs is 1. The highest BCUT2D eigenvalue weighted by Crippen LogP contribution is 2.33. The van der Waals surface area contributed by atoms with Crippen LogP contribution in [0, 0.1) is 17.0 Å². The van der Waals surface area contributed by atoms with Crippen molar-refractivity contribution in [2.45, 2.75) is 6.92 Å². The Bertz CT molecular complexity index is 757. The second-order valence-corrected chi connectivity index (χ2v) is 4.36. The van der Waals surface area contributed by atoms with Crippen molar-refractivity contribution in [3.63, 3.8) is 0 Å². The number of nitro benzene ring substituents is 1. The summed E-state index contributed by atoms with van der Waals surface area (Å²) in [7, 11) is 0. The van der Waals surface area contributed by atoms with Crippen LogP contribution < -0.4 is 0 Å². The number of para-hydroxylation sites is 1. The van der Waals surface area contributed by atoms with E-state index in [1.807, 2.05) is 31.2 Å². The van der Waals surface area contributed by atoms with Gasteiger partial charge >= 0.3 is 0 Å². The molecule has 4 nitrogen and oxygen atoms in total. The monoisotopic (exact) mass is 253 g/mol. The van der Waals surface area contributed by atoms with E-state index in [4.69, 9.17) is 4.42 Å². The predicted octanol–water partition coefficient (Wildman–Crippen LogP) is 4.32. The quantitative estimate of drug-likeness (QED) is 0.505. The number of aryl methyl sites for hydroxylation is 1. The van der Waals surface area contributed by atoms with Gasteiger partial charge in [0.15, 0.2) is 0 Å². The molecule has 0 saturated heterocycles. The summed E-state index contributed by atoms with van der Waals surface area (Å²) >= 11 is 0. The van der Waals surface area contributed by atoms with E-state index < -0.39 is 4.92 Å². The Morgan fingerprint density at radius 2 is 1.74 bits per heavy atom. The highest BCUT2D eigenvalue weighted by atomic mass is 16.6. The zero-order valence-electron chi connectivity index (χ0n) is 10.3. The molecular formula is C15H11NO3. The maximum atomic E-state index is 10.6. The van der Waals surface area contributed by atoms with Gasteiger partial charge < -0.3 is 4.42 Å². The maximum Gasteiger partial charge on any atom is 0.269 e. The first-order valence-electron chi connectivity index (χ1n) is 5.90. The summed E-state index contributed by atoms with van der Waals surface area (Å²) in [6, 6.07) is 14.2. The molecule has 0 radical (unpaired) electrons. The van der Waals surface area contributed by atoms with Crippen LogP contribution in [0.2, 0.25) is 0 Å². The van der Waals surface area contributed by atoms with Gasteiger partial charge in [-0.1, -0.05) is 18.2 Å². The fourth-order valence-corrected chi connectivity index (χ4v) is 2.18. The fourth-order valence-electron chi connectivity index (χ4n) is 2.18. The Morgan fingerprint density at radius 3 is 2.37 bits per heavy atom. The molecule has 0 aliphatic heterocycles. The van der Waals surface area contributed by atoms with E-state index in [0.29, 0.717) is 0 Å². The van der Waals surface area contributed by atoms with Crippen LogP contribution in [0.5, 0.6) is 0 Å². The largest absolute Gasteiger partial charge is 0.456 e. The number of nitro groups is 1. The van der Waals surface area contributed by atoms with E-state index >= 15 is 0 Å². The van der Waals surface area contributed by atoms with Crippen LogP contribution in [-0.4, -0.2) is 4.92 Å². The molecule has 0 aliphatic rings. The summed E-state index contributed by atoms with van der Waals surface area (Å²) in [6.45, 7) is 1.99. The second kappa shape index (κ2) is 4.24. The molecular weight excluding hydrogens is 242 g/mol. The summed E-state index contributed by atoms with van der Waals surface area (Å²) in [4.78, 5) is 10.2. The molecule has 1 heterocycles. The first-order chi connectivity index (χ1) is 9.16. The number of non-ortho nitro benzene ring substituents is 1. The number of hydrogen-bond acceptors (Lipinski definition) is 3. The summed E-state index contributed by atoms with van der Waals surface area (Å²) in [5.41, 5.74) is 2.80. The number of benzene rings is 2. The van der Waals surface area contributed by atoms with Crippen molar-refractivity contribution in [1.82, 2.24) is 0 Å². The molecule has 0 aliphatic carbocycles. The SMILES string of the molecule is Cc1c(-c2ccc([N+](=O)[O-])cc2)oc2ccccc12. The minimum Gasteiger partial charge on any atom is -0.456 e. The molecule has 19 heavy (non-hydrogen) atoms. The Morgan fingerprint density at radius 1 is 1.05 bits per heavy atom. The maximum absolute atomic E-state index is 10.6. The fraction of sp³-hybridized carbons (Fsp3) is 0.0667. The van der Waals surface area contributed by atoms with E-state index in [-0.39, 0.29) is 5.69 Å². The van der Waals surface area contributed by atoms with Crippen molar-refractivity contribution in [3.8, 4) is 11.3 Å². The van der Waals surface area contributed by atoms with Gasteiger partial charge in [0.05, 0.1) is 4.92 Å². The molecule has 2 aromatic carbocycles. The lowest BCUT2D eigenvalue weighted by atomic mass is 10.1. The third-order valence-corrected chi connectivity index (χ3v) is 3.18. The highest BCUT2D eigenvalue weighted by molar-refractivity contribution is 5.87. The summed E-state index contributed by atoms with van der Waals surface area (Å²) in [5, 5.41) is 11.7. The van der Waals surface area contributed by atoms with E-state index in [9.17, 15) is 10.1 Å². The molecule has 0 spiro atoms. The Hall–Kier alpha value is -2.62. The van der Waals surface area contributed by atoms with Crippen molar-refractivity contribution in [2.75, 3.05) is 0 Å². The minimum atomic E-state index is -0.407. The zero-order chi connectivity index (χ0) is 13.4. The lowest BCUT2D eigenvalue weighted by Crippen LogP contribution is -1.87. The number of hydrogen-bond donors (Lipinski definition) is 0. The van der Waals surface area contributed by atoms with Gasteiger partial charge in [-0.25, -0.2) is 0 Å². The summed E-state index contributed by atoms with van der Waals surface area (Å²) < 4.78 is 5.82. The van der Waals surface area contributed by atoms with E-state index in [2.05, 4.69) is 0 Å². The average molecular weight is 253 g/mol. The minimum absolute atomic E-state index is 0.0810. The van der Waals surface area contributed by atoms with Gasteiger partial charge in [-0.15, -0.1) is 0 Å². The molecule has 94 valence electrons. The second-order valence-electron chi connectivity index (χ2n) is 4.36. The van der Waals surface area contributed by atoms with Gasteiger partial charge in [0.25, 0.3) is 5.69 Å². The number of rotatable bonds is 2. The van der Waals surface area contributed by atoms with E-state index in [0.717, 1.165) is 27.9 Å². The molecule has 0 N–H and O–H groups in total. The highest BCUT2D eigenvalue weighted by Gasteiger charge is 2.13. The average Bonchev–Trinajstić information content (AvgIpc) is 2.77. The third kappa shape index (κ3) is 1.87. The molecule has 0 bridgehead atoms. The van der Waals surface area contributed by atoms with Crippen LogP contribution in [0.1, 0.15) is 5.56 Å². The molecule has 0 unspecified atom stereocenters. The van der Waals surface area contributed by atoms with Crippen LogP contribution in [0.15, 0.2) is 52.9 Å². The van der Waals surface area contributed by atoms with Gasteiger partial charge in [-0.05, 0) is 25.1 Å². The van der Waals surface area contributed by atoms with E-state index in [1.54, 1.807) is 12.1 Å². The zero-order valence-corrected chi connectivity index (χ0v) is 10.3. The van der Waals surface area contributed by atoms with Gasteiger partial charge in [-0.3, -0.25) is 10.1 Å². The first kappa shape index (κ1) is 11.5. The lowest BCUT2D eigenvalue weighted by Gasteiger charge is -1.98. The number of nitrogens with zero attached hydrogens (tertiary/aromatic N) is 1. The molecule has 3 rings (SSSR count). The normalized spacial score (nSPS) is 10.8. The summed E-state index contributed by atoms with van der Waals surface area (Å²) in [6.07, 6.45) is 0. The van der Waals surface area contributed by atoms with Crippen LogP contribution >= 0.6 is 0 Å². The molecule has 0 saturated carbocycles. The van der Waals surface area contributed by atoms with Crippen molar-refractivity contribution >= 4 is 16.7 Å². The van der Waals surface area contributed by atoms with Gasteiger partial charge in [0, 0.05) is 28.6 Å². The van der Waals surface area contributed by atoms with Crippen molar-refractivity contribution in [3.05, 3.63) is 64.2 Å². The molecule has 3 aromatic rings. The van der Waals surface area contributed by atoms with Gasteiger partial charge in [0.1, 0.15) is 11.3 Å². The standard InChI is InChI=1S/C15H11NO3/c1-10-13-4-2-3-5-14(13)19-15(10)11-6-8-12(9-7-11)16(17)18/h2-9H,1H3. The topological polar surface area (TPSA) is 56.3 Å². The van der Waals surface area contributed by atoms with E-state index in [1.165, 1.54) is 12.1 Å². The Balaban J connectivity index is 2.13. The van der Waals surface area contributed by atoms with Crippen LogP contribution in [0.4, 0.5) is 5.69 Å². The lowest BCUT2D eigenvalue weighted by molar-refractivity contribution is -0.384. The van der Waals surface area contributed by atoms with Gasteiger partial charge in [0.2, 0.25) is 0 Å². The Kier molecular flexibility index (Phi) is 2.56.